The molecule has 1 amide bonds. The van der Waals surface area contributed by atoms with E-state index in [1.165, 1.54) is 18.2 Å². The topological polar surface area (TPSA) is 55.6 Å². The number of nitrogens with two attached hydrogens (primary N) is 1. The summed E-state index contributed by atoms with van der Waals surface area (Å²) in [5.74, 6) is -0.401. The van der Waals surface area contributed by atoms with Gasteiger partial charge < -0.3 is 15.4 Å². The number of benzene rings is 1. The third-order valence-corrected chi connectivity index (χ3v) is 3.25. The number of rotatable bonds is 3. The van der Waals surface area contributed by atoms with Crippen molar-refractivity contribution in [2.75, 3.05) is 19.7 Å². The Hall–Kier alpha value is -1.47. The lowest BCUT2D eigenvalue weighted by molar-refractivity contribution is -0.153. The number of nitrogens with zero attached hydrogens (tertiary/aromatic N) is 1. The molecule has 2 N–H and O–H groups in total. The maximum Gasteiger partial charge on any atom is 0.422 e. The van der Waals surface area contributed by atoms with Crippen LogP contribution in [0.2, 0.25) is 0 Å². The fourth-order valence-corrected chi connectivity index (χ4v) is 2.29. The average Bonchev–Trinajstić information content (AvgIpc) is 2.44. The molecule has 1 aliphatic rings. The van der Waals surface area contributed by atoms with E-state index in [-0.39, 0.29) is 35.7 Å². The van der Waals surface area contributed by atoms with Gasteiger partial charge in [0.2, 0.25) is 0 Å². The van der Waals surface area contributed by atoms with Gasteiger partial charge in [-0.05, 0) is 25.0 Å². The van der Waals surface area contributed by atoms with Crippen molar-refractivity contribution in [3.8, 4) is 5.75 Å². The SMILES string of the molecule is Cl.NC1CCCN(C(=O)c2ccccc2OCC(F)(F)F)C1. The number of hydrogen-bond acceptors (Lipinski definition) is 3. The van der Waals surface area contributed by atoms with Crippen molar-refractivity contribution in [2.24, 2.45) is 5.73 Å². The van der Waals surface area contributed by atoms with Gasteiger partial charge in [-0.2, -0.15) is 13.2 Å². The number of likely N-dealkylation sites (tertiary alicyclic amines) is 1. The summed E-state index contributed by atoms with van der Waals surface area (Å²) in [6.07, 6.45) is -2.81. The van der Waals surface area contributed by atoms with Crippen LogP contribution in [0, 0.1) is 0 Å². The lowest BCUT2D eigenvalue weighted by Crippen LogP contribution is -2.45. The van der Waals surface area contributed by atoms with E-state index in [1.807, 2.05) is 0 Å². The molecule has 0 radical (unpaired) electrons. The Morgan fingerprint density at radius 3 is 2.68 bits per heavy atom. The number of para-hydroxylation sites is 1. The Labute approximate surface area is 132 Å². The van der Waals surface area contributed by atoms with Crippen LogP contribution in [-0.4, -0.2) is 42.7 Å². The van der Waals surface area contributed by atoms with E-state index < -0.39 is 12.8 Å². The van der Waals surface area contributed by atoms with E-state index in [9.17, 15) is 18.0 Å². The van der Waals surface area contributed by atoms with Crippen LogP contribution in [0.3, 0.4) is 0 Å². The Balaban J connectivity index is 0.00000242. The number of halogens is 4. The molecule has 1 atom stereocenters. The molecule has 0 bridgehead atoms. The summed E-state index contributed by atoms with van der Waals surface area (Å²) < 4.78 is 41.5. The quantitative estimate of drug-likeness (QED) is 0.921. The Morgan fingerprint density at radius 2 is 2.05 bits per heavy atom. The molecule has 2 rings (SSSR count). The van der Waals surface area contributed by atoms with Crippen molar-refractivity contribution in [3.63, 3.8) is 0 Å². The van der Waals surface area contributed by atoms with Crippen LogP contribution >= 0.6 is 12.4 Å². The molecule has 0 spiro atoms. The first kappa shape index (κ1) is 18.6. The first-order valence-electron chi connectivity index (χ1n) is 6.70. The van der Waals surface area contributed by atoms with E-state index in [1.54, 1.807) is 11.0 Å². The molecule has 1 aromatic carbocycles. The van der Waals surface area contributed by atoms with Gasteiger partial charge in [0.05, 0.1) is 5.56 Å². The highest BCUT2D eigenvalue weighted by atomic mass is 35.5. The standard InChI is InChI=1S/C14H17F3N2O2.ClH/c15-14(16,17)9-21-12-6-2-1-5-11(12)13(20)19-7-3-4-10(18)8-19;/h1-2,5-6,10H,3-4,7-9,18H2;1H. The third-order valence-electron chi connectivity index (χ3n) is 3.25. The summed E-state index contributed by atoms with van der Waals surface area (Å²) in [6.45, 7) is -0.455. The van der Waals surface area contributed by atoms with Crippen LogP contribution in [0.15, 0.2) is 24.3 Å². The zero-order valence-corrected chi connectivity index (χ0v) is 12.6. The van der Waals surface area contributed by atoms with Crippen LogP contribution in [-0.2, 0) is 0 Å². The van der Waals surface area contributed by atoms with Crippen molar-refractivity contribution in [1.29, 1.82) is 0 Å². The normalized spacial score (nSPS) is 18.5. The first-order valence-corrected chi connectivity index (χ1v) is 6.70. The highest BCUT2D eigenvalue weighted by molar-refractivity contribution is 5.97. The largest absolute Gasteiger partial charge is 0.483 e. The molecular weight excluding hydrogens is 321 g/mol. The van der Waals surface area contributed by atoms with E-state index in [0.717, 1.165) is 12.8 Å². The fourth-order valence-electron chi connectivity index (χ4n) is 2.29. The lowest BCUT2D eigenvalue weighted by Gasteiger charge is -2.31. The van der Waals surface area contributed by atoms with Crippen LogP contribution in [0.4, 0.5) is 13.2 Å². The van der Waals surface area contributed by atoms with Crippen LogP contribution in [0.25, 0.3) is 0 Å². The Morgan fingerprint density at radius 1 is 1.36 bits per heavy atom. The number of amides is 1. The van der Waals surface area contributed by atoms with E-state index in [2.05, 4.69) is 0 Å². The minimum atomic E-state index is -4.44. The van der Waals surface area contributed by atoms with E-state index in [4.69, 9.17) is 10.5 Å². The third kappa shape index (κ3) is 5.06. The molecule has 1 saturated heterocycles. The van der Waals surface area contributed by atoms with Crippen molar-refractivity contribution >= 4 is 18.3 Å². The maximum atomic E-state index is 12.4. The van der Waals surface area contributed by atoms with Gasteiger partial charge in [-0.15, -0.1) is 12.4 Å². The highest BCUT2D eigenvalue weighted by Crippen LogP contribution is 2.24. The Bertz CT molecular complexity index is 511. The summed E-state index contributed by atoms with van der Waals surface area (Å²) >= 11 is 0. The average molecular weight is 339 g/mol. The van der Waals surface area contributed by atoms with Gasteiger partial charge in [-0.1, -0.05) is 12.1 Å². The van der Waals surface area contributed by atoms with Crippen molar-refractivity contribution < 1.29 is 22.7 Å². The van der Waals surface area contributed by atoms with Crippen molar-refractivity contribution in [1.82, 2.24) is 4.90 Å². The fraction of sp³-hybridized carbons (Fsp3) is 0.500. The molecule has 1 aromatic rings. The van der Waals surface area contributed by atoms with Gasteiger partial charge in [-0.25, -0.2) is 0 Å². The summed E-state index contributed by atoms with van der Waals surface area (Å²) in [5, 5.41) is 0. The second kappa shape index (κ2) is 7.69. The molecule has 124 valence electrons. The predicted octanol–water partition coefficient (Wildman–Crippen LogP) is 2.61. The molecule has 4 nitrogen and oxygen atoms in total. The first-order chi connectivity index (χ1) is 9.87. The van der Waals surface area contributed by atoms with Gasteiger partial charge in [0.15, 0.2) is 6.61 Å². The molecule has 8 heteroatoms. The van der Waals surface area contributed by atoms with E-state index in [0.29, 0.717) is 13.1 Å². The molecule has 1 unspecified atom stereocenters. The molecule has 22 heavy (non-hydrogen) atoms. The molecule has 1 heterocycles. The Kier molecular flexibility index (Phi) is 6.49. The molecule has 1 aliphatic heterocycles. The second-order valence-electron chi connectivity index (χ2n) is 5.05. The summed E-state index contributed by atoms with van der Waals surface area (Å²) in [6, 6.07) is 5.87. The minimum Gasteiger partial charge on any atom is -0.483 e. The number of hydrogen-bond donors (Lipinski definition) is 1. The van der Waals surface area contributed by atoms with Crippen molar-refractivity contribution in [2.45, 2.75) is 25.1 Å². The summed E-state index contributed by atoms with van der Waals surface area (Å²) in [5.41, 5.74) is 5.96. The maximum absolute atomic E-state index is 12.4. The number of carbonyl (C=O) groups excluding carboxylic acids is 1. The van der Waals surface area contributed by atoms with Gasteiger partial charge in [-0.3, -0.25) is 4.79 Å². The van der Waals surface area contributed by atoms with Crippen molar-refractivity contribution in [3.05, 3.63) is 29.8 Å². The molecular formula is C14H18ClF3N2O2. The number of piperidine rings is 1. The zero-order valence-electron chi connectivity index (χ0n) is 11.8. The van der Waals surface area contributed by atoms with Crippen LogP contribution < -0.4 is 10.5 Å². The van der Waals surface area contributed by atoms with Gasteiger partial charge in [0.1, 0.15) is 5.75 Å². The number of carbonyl (C=O) groups is 1. The molecule has 0 aromatic heterocycles. The molecule has 0 aliphatic carbocycles. The summed E-state index contributed by atoms with van der Waals surface area (Å²) in [4.78, 5) is 14.0. The monoisotopic (exact) mass is 338 g/mol. The number of ether oxygens (including phenoxy) is 1. The highest BCUT2D eigenvalue weighted by Gasteiger charge is 2.30. The summed E-state index contributed by atoms with van der Waals surface area (Å²) in [7, 11) is 0. The van der Waals surface area contributed by atoms with Gasteiger partial charge in [0, 0.05) is 19.1 Å². The van der Waals surface area contributed by atoms with Crippen LogP contribution in [0.1, 0.15) is 23.2 Å². The number of alkyl halides is 3. The lowest BCUT2D eigenvalue weighted by atomic mass is 10.0. The van der Waals surface area contributed by atoms with Crippen LogP contribution in [0.5, 0.6) is 5.75 Å². The zero-order chi connectivity index (χ0) is 15.5. The van der Waals surface area contributed by atoms with Gasteiger partial charge >= 0.3 is 6.18 Å². The minimum absolute atomic E-state index is 0. The molecule has 1 fully saturated rings. The predicted molar refractivity (Wildman–Crippen MR) is 78.4 cm³/mol. The van der Waals surface area contributed by atoms with Gasteiger partial charge in [0.25, 0.3) is 5.91 Å². The van der Waals surface area contributed by atoms with E-state index >= 15 is 0 Å². The molecule has 0 saturated carbocycles. The second-order valence-corrected chi connectivity index (χ2v) is 5.05. The smallest absolute Gasteiger partial charge is 0.422 e.